The molecule has 3 N–H and O–H groups in total. The zero-order valence-electron chi connectivity index (χ0n) is 12.7. The van der Waals surface area contributed by atoms with E-state index in [9.17, 15) is 14.4 Å². The van der Waals surface area contributed by atoms with Crippen LogP contribution in [0.4, 0.5) is 5.69 Å². The lowest BCUT2D eigenvalue weighted by Crippen LogP contribution is -2.46. The summed E-state index contributed by atoms with van der Waals surface area (Å²) >= 11 is 0. The monoisotopic (exact) mass is 291 g/mol. The van der Waals surface area contributed by atoms with Crippen LogP contribution in [0.15, 0.2) is 24.3 Å². The van der Waals surface area contributed by atoms with E-state index < -0.39 is 11.3 Å². The average molecular weight is 291 g/mol. The summed E-state index contributed by atoms with van der Waals surface area (Å²) in [4.78, 5) is 34.7. The van der Waals surface area contributed by atoms with Crippen LogP contribution in [-0.2, 0) is 9.59 Å². The van der Waals surface area contributed by atoms with Crippen molar-refractivity contribution in [1.29, 1.82) is 0 Å². The predicted molar refractivity (Wildman–Crippen MR) is 80.4 cm³/mol. The highest BCUT2D eigenvalue weighted by molar-refractivity contribution is 5.97. The van der Waals surface area contributed by atoms with Gasteiger partial charge in [-0.25, -0.2) is 0 Å². The fourth-order valence-corrected chi connectivity index (χ4v) is 1.33. The largest absolute Gasteiger partial charge is 0.326 e. The van der Waals surface area contributed by atoms with Gasteiger partial charge in [-0.1, -0.05) is 27.7 Å². The van der Waals surface area contributed by atoms with Crippen molar-refractivity contribution in [3.63, 3.8) is 0 Å². The van der Waals surface area contributed by atoms with Gasteiger partial charge in [0, 0.05) is 23.1 Å². The molecule has 1 aromatic carbocycles. The molecule has 3 amide bonds. The molecule has 0 aliphatic carbocycles. The molecule has 0 saturated heterocycles. The number of hydrazine groups is 1. The standard InChI is InChI=1S/C15H21N3O3/c1-5-12(19)16-11-8-6-10(7-9-11)13(20)17-18-14(21)15(2,3)4/h6-9H,5H2,1-4H3,(H,16,19)(H,17,20)(H,18,21). The van der Waals surface area contributed by atoms with Crippen molar-refractivity contribution >= 4 is 23.4 Å². The minimum absolute atomic E-state index is 0.0929. The molecule has 0 bridgehead atoms. The Bertz CT molecular complexity index is 530. The summed E-state index contributed by atoms with van der Waals surface area (Å²) in [6, 6.07) is 6.41. The van der Waals surface area contributed by atoms with E-state index in [1.165, 1.54) is 0 Å². The van der Waals surface area contributed by atoms with Crippen LogP contribution in [0.2, 0.25) is 0 Å². The van der Waals surface area contributed by atoms with E-state index in [1.54, 1.807) is 52.0 Å². The average Bonchev–Trinajstić information content (AvgIpc) is 2.43. The Morgan fingerprint density at radius 1 is 1.00 bits per heavy atom. The first-order valence-electron chi connectivity index (χ1n) is 6.74. The molecule has 0 unspecified atom stereocenters. The van der Waals surface area contributed by atoms with Gasteiger partial charge in [0.2, 0.25) is 11.8 Å². The molecule has 0 spiro atoms. The Morgan fingerprint density at radius 2 is 1.57 bits per heavy atom. The highest BCUT2D eigenvalue weighted by Crippen LogP contribution is 2.12. The van der Waals surface area contributed by atoms with Gasteiger partial charge in [0.25, 0.3) is 5.91 Å². The second-order valence-electron chi connectivity index (χ2n) is 5.64. The van der Waals surface area contributed by atoms with Crippen molar-refractivity contribution in [3.05, 3.63) is 29.8 Å². The summed E-state index contributed by atoms with van der Waals surface area (Å²) in [7, 11) is 0. The van der Waals surface area contributed by atoms with Crippen LogP contribution in [0.3, 0.4) is 0 Å². The second-order valence-corrected chi connectivity index (χ2v) is 5.64. The molecule has 1 aromatic rings. The third-order valence-corrected chi connectivity index (χ3v) is 2.72. The highest BCUT2D eigenvalue weighted by Gasteiger charge is 2.21. The van der Waals surface area contributed by atoms with Crippen molar-refractivity contribution in [3.8, 4) is 0 Å². The number of nitrogens with one attached hydrogen (secondary N) is 3. The van der Waals surface area contributed by atoms with Crippen LogP contribution in [0.5, 0.6) is 0 Å². The number of benzene rings is 1. The highest BCUT2D eigenvalue weighted by atomic mass is 16.2. The maximum absolute atomic E-state index is 11.9. The van der Waals surface area contributed by atoms with Crippen molar-refractivity contribution < 1.29 is 14.4 Å². The van der Waals surface area contributed by atoms with Gasteiger partial charge < -0.3 is 5.32 Å². The molecule has 114 valence electrons. The summed E-state index contributed by atoms with van der Waals surface area (Å²) in [6.45, 7) is 7.01. The maximum atomic E-state index is 11.9. The minimum Gasteiger partial charge on any atom is -0.326 e. The first-order valence-corrected chi connectivity index (χ1v) is 6.74. The Morgan fingerprint density at radius 3 is 2.05 bits per heavy atom. The van der Waals surface area contributed by atoms with Crippen LogP contribution in [-0.4, -0.2) is 17.7 Å². The summed E-state index contributed by atoms with van der Waals surface area (Å²) in [5.74, 6) is -0.784. The van der Waals surface area contributed by atoms with E-state index in [0.29, 0.717) is 17.7 Å². The van der Waals surface area contributed by atoms with Crippen LogP contribution in [0.25, 0.3) is 0 Å². The molecule has 0 radical (unpaired) electrons. The predicted octanol–water partition coefficient (Wildman–Crippen LogP) is 1.84. The number of hydrogen-bond acceptors (Lipinski definition) is 3. The number of carbonyl (C=O) groups is 3. The third kappa shape index (κ3) is 5.25. The van der Waals surface area contributed by atoms with Gasteiger partial charge in [-0.2, -0.15) is 0 Å². The SMILES string of the molecule is CCC(=O)Nc1ccc(C(=O)NNC(=O)C(C)(C)C)cc1. The normalized spacial score (nSPS) is 10.7. The molecule has 0 heterocycles. The molecular formula is C15H21N3O3. The fraction of sp³-hybridized carbons (Fsp3) is 0.400. The number of hydrogen-bond donors (Lipinski definition) is 3. The first kappa shape index (κ1) is 16.7. The fourth-order valence-electron chi connectivity index (χ4n) is 1.33. The van der Waals surface area contributed by atoms with Crippen molar-refractivity contribution in [1.82, 2.24) is 10.9 Å². The lowest BCUT2D eigenvalue weighted by atomic mass is 9.96. The van der Waals surface area contributed by atoms with Gasteiger partial charge >= 0.3 is 0 Å². The zero-order valence-corrected chi connectivity index (χ0v) is 12.7. The summed E-state index contributed by atoms with van der Waals surface area (Å²) in [5, 5.41) is 2.69. The number of carbonyl (C=O) groups excluding carboxylic acids is 3. The third-order valence-electron chi connectivity index (χ3n) is 2.72. The molecule has 0 saturated carbocycles. The minimum atomic E-state index is -0.582. The lowest BCUT2D eigenvalue weighted by molar-refractivity contribution is -0.129. The van der Waals surface area contributed by atoms with Gasteiger partial charge in [-0.15, -0.1) is 0 Å². The van der Waals surface area contributed by atoms with Crippen molar-refractivity contribution in [2.24, 2.45) is 5.41 Å². The Labute approximate surface area is 124 Å². The molecule has 1 rings (SSSR count). The molecule has 0 aliphatic heterocycles. The lowest BCUT2D eigenvalue weighted by Gasteiger charge is -2.17. The molecule has 0 fully saturated rings. The van der Waals surface area contributed by atoms with Gasteiger partial charge in [0.1, 0.15) is 0 Å². The van der Waals surface area contributed by atoms with Crippen LogP contribution in [0, 0.1) is 5.41 Å². The van der Waals surface area contributed by atoms with E-state index in [2.05, 4.69) is 16.2 Å². The number of anilines is 1. The molecule has 0 aromatic heterocycles. The smallest absolute Gasteiger partial charge is 0.269 e. The molecule has 0 aliphatic rings. The van der Waals surface area contributed by atoms with Gasteiger partial charge in [-0.05, 0) is 24.3 Å². The topological polar surface area (TPSA) is 87.3 Å². The van der Waals surface area contributed by atoms with E-state index in [0.717, 1.165) is 0 Å². The Kier molecular flexibility index (Phi) is 5.46. The number of rotatable bonds is 3. The number of amides is 3. The maximum Gasteiger partial charge on any atom is 0.269 e. The Hall–Kier alpha value is -2.37. The van der Waals surface area contributed by atoms with Gasteiger partial charge in [0.15, 0.2) is 0 Å². The zero-order chi connectivity index (χ0) is 16.0. The quantitative estimate of drug-likeness (QED) is 0.743. The van der Waals surface area contributed by atoms with Crippen molar-refractivity contribution in [2.45, 2.75) is 34.1 Å². The summed E-state index contributed by atoms with van der Waals surface area (Å²) in [5.41, 5.74) is 5.15. The van der Waals surface area contributed by atoms with E-state index in [4.69, 9.17) is 0 Å². The van der Waals surface area contributed by atoms with E-state index >= 15 is 0 Å². The first-order chi connectivity index (χ1) is 9.74. The van der Waals surface area contributed by atoms with Crippen molar-refractivity contribution in [2.75, 3.05) is 5.32 Å². The van der Waals surface area contributed by atoms with Crippen LogP contribution in [0.1, 0.15) is 44.5 Å². The molecule has 6 heteroatoms. The molecular weight excluding hydrogens is 270 g/mol. The Balaban J connectivity index is 2.59. The van der Waals surface area contributed by atoms with Gasteiger partial charge in [-0.3, -0.25) is 25.2 Å². The summed E-state index contributed by atoms with van der Waals surface area (Å²) < 4.78 is 0. The van der Waals surface area contributed by atoms with Gasteiger partial charge in [0.05, 0.1) is 0 Å². The molecule has 21 heavy (non-hydrogen) atoms. The molecule has 6 nitrogen and oxygen atoms in total. The summed E-state index contributed by atoms with van der Waals surface area (Å²) in [6.07, 6.45) is 0.390. The van der Waals surface area contributed by atoms with E-state index in [-0.39, 0.29) is 11.8 Å². The second kappa shape index (κ2) is 6.88. The van der Waals surface area contributed by atoms with Crippen LogP contribution < -0.4 is 16.2 Å². The van der Waals surface area contributed by atoms with E-state index in [1.807, 2.05) is 0 Å². The molecule has 0 atom stereocenters. The van der Waals surface area contributed by atoms with Crippen LogP contribution >= 0.6 is 0 Å².